The summed E-state index contributed by atoms with van der Waals surface area (Å²) in [7, 11) is 0. The van der Waals surface area contributed by atoms with Gasteiger partial charge in [0.25, 0.3) is 0 Å². The van der Waals surface area contributed by atoms with Crippen LogP contribution in [0, 0.1) is 11.8 Å². The number of rotatable bonds is 2. The fourth-order valence-corrected chi connectivity index (χ4v) is 4.04. The van der Waals surface area contributed by atoms with Crippen molar-refractivity contribution in [1.82, 2.24) is 0 Å². The minimum absolute atomic E-state index is 0.352. The molecule has 3 unspecified atom stereocenters. The van der Waals surface area contributed by atoms with E-state index in [1.54, 1.807) is 0 Å². The van der Waals surface area contributed by atoms with E-state index in [1.807, 2.05) is 12.1 Å². The van der Waals surface area contributed by atoms with Crippen LogP contribution in [0.3, 0.4) is 0 Å². The molecule has 0 bridgehead atoms. The summed E-state index contributed by atoms with van der Waals surface area (Å²) in [6.07, 6.45) is 5.19. The average Bonchev–Trinajstić information content (AvgIpc) is 2.72. The number of benzene rings is 1. The van der Waals surface area contributed by atoms with Gasteiger partial charge in [0.1, 0.15) is 0 Å². The number of hydrogen-bond donors (Lipinski definition) is 1. The van der Waals surface area contributed by atoms with Gasteiger partial charge in [-0.2, -0.15) is 0 Å². The summed E-state index contributed by atoms with van der Waals surface area (Å²) in [6, 6.07) is 3.94. The van der Waals surface area contributed by atoms with E-state index in [0.717, 1.165) is 40.8 Å². The third kappa shape index (κ3) is 3.37. The maximum atomic E-state index is 10.7. The highest BCUT2D eigenvalue weighted by molar-refractivity contribution is 9.10. The first kappa shape index (κ1) is 15.2. The normalized spacial score (nSPS) is 27.0. The summed E-state index contributed by atoms with van der Waals surface area (Å²) in [5.74, 6) is 2.58. The number of hydrogen-bond acceptors (Lipinski definition) is 3. The van der Waals surface area contributed by atoms with Crippen LogP contribution in [0.4, 0.5) is 0 Å². The zero-order valence-corrected chi connectivity index (χ0v) is 14.1. The van der Waals surface area contributed by atoms with E-state index in [1.165, 1.54) is 12.8 Å². The van der Waals surface area contributed by atoms with Crippen molar-refractivity contribution >= 4 is 15.9 Å². The van der Waals surface area contributed by atoms with Gasteiger partial charge < -0.3 is 14.6 Å². The van der Waals surface area contributed by atoms with Crippen LogP contribution in [0.25, 0.3) is 0 Å². The fourth-order valence-electron chi connectivity index (χ4n) is 3.46. The molecule has 1 fully saturated rings. The van der Waals surface area contributed by atoms with Gasteiger partial charge in [-0.15, -0.1) is 0 Å². The second kappa shape index (κ2) is 6.57. The van der Waals surface area contributed by atoms with Crippen LogP contribution in [0.2, 0.25) is 0 Å². The van der Waals surface area contributed by atoms with Crippen LogP contribution < -0.4 is 9.47 Å². The fraction of sp³-hybridized carbons (Fsp3) is 0.647. The Hall–Kier alpha value is -0.740. The second-order valence-corrected chi connectivity index (χ2v) is 7.21. The van der Waals surface area contributed by atoms with Gasteiger partial charge >= 0.3 is 0 Å². The van der Waals surface area contributed by atoms with E-state index in [-0.39, 0.29) is 0 Å². The predicted octanol–water partition coefficient (Wildman–Crippen LogP) is 4.47. The van der Waals surface area contributed by atoms with E-state index in [9.17, 15) is 5.11 Å². The van der Waals surface area contributed by atoms with Gasteiger partial charge in [-0.05, 0) is 58.3 Å². The highest BCUT2D eigenvalue weighted by Crippen LogP contribution is 2.43. The summed E-state index contributed by atoms with van der Waals surface area (Å²) < 4.78 is 12.4. The Labute approximate surface area is 134 Å². The molecule has 1 aliphatic carbocycles. The topological polar surface area (TPSA) is 38.7 Å². The minimum Gasteiger partial charge on any atom is -0.490 e. The van der Waals surface area contributed by atoms with Crippen molar-refractivity contribution in [2.75, 3.05) is 13.2 Å². The molecule has 1 aromatic carbocycles. The van der Waals surface area contributed by atoms with Gasteiger partial charge in [0, 0.05) is 6.42 Å². The number of aliphatic hydroxyl groups excluding tert-OH is 1. The lowest BCUT2D eigenvalue weighted by molar-refractivity contribution is 0.0711. The van der Waals surface area contributed by atoms with Crippen LogP contribution in [0.15, 0.2) is 16.6 Å². The molecule has 3 atom stereocenters. The van der Waals surface area contributed by atoms with Crippen LogP contribution >= 0.6 is 15.9 Å². The Kier molecular flexibility index (Phi) is 4.75. The van der Waals surface area contributed by atoms with Crippen molar-refractivity contribution in [3.8, 4) is 11.5 Å². The summed E-state index contributed by atoms with van der Waals surface area (Å²) in [5, 5.41) is 10.7. The lowest BCUT2D eigenvalue weighted by Crippen LogP contribution is -2.20. The molecule has 0 spiro atoms. The van der Waals surface area contributed by atoms with Gasteiger partial charge in [0.15, 0.2) is 11.5 Å². The SMILES string of the molecule is CC1CCCC(C(O)c2cc(Br)c3c(c2)OCCCO3)C1. The molecule has 2 aliphatic rings. The summed E-state index contributed by atoms with van der Waals surface area (Å²) >= 11 is 3.56. The van der Waals surface area contributed by atoms with Crippen molar-refractivity contribution in [3.63, 3.8) is 0 Å². The molecule has 116 valence electrons. The zero-order valence-electron chi connectivity index (χ0n) is 12.5. The third-order valence-corrected chi connectivity index (χ3v) is 5.18. The highest BCUT2D eigenvalue weighted by atomic mass is 79.9. The molecule has 1 aromatic rings. The smallest absolute Gasteiger partial charge is 0.175 e. The van der Waals surface area contributed by atoms with Gasteiger partial charge in [-0.1, -0.05) is 19.8 Å². The van der Waals surface area contributed by atoms with Gasteiger partial charge in [-0.25, -0.2) is 0 Å². The van der Waals surface area contributed by atoms with Crippen LogP contribution in [0.5, 0.6) is 11.5 Å². The standard InChI is InChI=1S/C17H23BrO3/c1-11-4-2-5-12(8-11)16(19)13-9-14(18)17-15(10-13)20-6-3-7-21-17/h9-12,16,19H,2-8H2,1H3. The molecule has 0 amide bonds. The van der Waals surface area contributed by atoms with E-state index in [4.69, 9.17) is 9.47 Å². The summed E-state index contributed by atoms with van der Waals surface area (Å²) in [5.41, 5.74) is 0.935. The van der Waals surface area contributed by atoms with Crippen LogP contribution in [-0.2, 0) is 0 Å². The Balaban J connectivity index is 1.84. The molecule has 3 nitrogen and oxygen atoms in total. The number of aliphatic hydroxyl groups is 1. The molecule has 1 aliphatic heterocycles. The maximum Gasteiger partial charge on any atom is 0.175 e. The summed E-state index contributed by atoms with van der Waals surface area (Å²) in [6.45, 7) is 3.62. The minimum atomic E-state index is -0.416. The molecule has 0 radical (unpaired) electrons. The second-order valence-electron chi connectivity index (χ2n) is 6.36. The number of fused-ring (bicyclic) bond motifs is 1. The van der Waals surface area contributed by atoms with Gasteiger partial charge in [0.05, 0.1) is 23.8 Å². The molecular formula is C17H23BrO3. The monoisotopic (exact) mass is 354 g/mol. The van der Waals surface area contributed by atoms with E-state index in [2.05, 4.69) is 22.9 Å². The predicted molar refractivity (Wildman–Crippen MR) is 85.8 cm³/mol. The van der Waals surface area contributed by atoms with Crippen molar-refractivity contribution < 1.29 is 14.6 Å². The number of halogens is 1. The van der Waals surface area contributed by atoms with E-state index in [0.29, 0.717) is 25.0 Å². The first-order valence-corrected chi connectivity index (χ1v) is 8.71. The zero-order chi connectivity index (χ0) is 14.8. The molecule has 1 saturated carbocycles. The molecular weight excluding hydrogens is 332 g/mol. The molecule has 1 heterocycles. The molecule has 1 N–H and O–H groups in total. The quantitative estimate of drug-likeness (QED) is 0.851. The molecule has 21 heavy (non-hydrogen) atoms. The van der Waals surface area contributed by atoms with Crippen molar-refractivity contribution in [2.45, 2.75) is 45.1 Å². The number of ether oxygens (including phenoxy) is 2. The maximum absolute atomic E-state index is 10.7. The lowest BCUT2D eigenvalue weighted by atomic mass is 9.78. The van der Waals surface area contributed by atoms with Crippen molar-refractivity contribution in [3.05, 3.63) is 22.2 Å². The van der Waals surface area contributed by atoms with Crippen molar-refractivity contribution in [2.24, 2.45) is 11.8 Å². The lowest BCUT2D eigenvalue weighted by Gasteiger charge is -2.31. The Morgan fingerprint density at radius 2 is 2.00 bits per heavy atom. The first-order chi connectivity index (χ1) is 10.1. The third-order valence-electron chi connectivity index (χ3n) is 4.59. The molecule has 4 heteroatoms. The highest BCUT2D eigenvalue weighted by Gasteiger charge is 2.28. The van der Waals surface area contributed by atoms with Gasteiger partial charge in [-0.3, -0.25) is 0 Å². The van der Waals surface area contributed by atoms with E-state index < -0.39 is 6.10 Å². The Morgan fingerprint density at radius 1 is 1.19 bits per heavy atom. The molecule has 3 rings (SSSR count). The molecule has 0 saturated heterocycles. The van der Waals surface area contributed by atoms with E-state index >= 15 is 0 Å². The van der Waals surface area contributed by atoms with Gasteiger partial charge in [0.2, 0.25) is 0 Å². The largest absolute Gasteiger partial charge is 0.490 e. The Morgan fingerprint density at radius 3 is 2.81 bits per heavy atom. The molecule has 0 aromatic heterocycles. The first-order valence-electron chi connectivity index (χ1n) is 7.92. The average molecular weight is 355 g/mol. The van der Waals surface area contributed by atoms with Crippen LogP contribution in [-0.4, -0.2) is 18.3 Å². The van der Waals surface area contributed by atoms with Crippen molar-refractivity contribution in [1.29, 1.82) is 0 Å². The Bertz CT molecular complexity index is 503. The summed E-state index contributed by atoms with van der Waals surface area (Å²) in [4.78, 5) is 0. The van der Waals surface area contributed by atoms with Crippen LogP contribution in [0.1, 0.15) is 50.7 Å².